The molecule has 0 N–H and O–H groups in total. The van der Waals surface area contributed by atoms with Crippen LogP contribution in [0.2, 0.25) is 0 Å². The lowest BCUT2D eigenvalue weighted by Crippen LogP contribution is -2.35. The average molecular weight is 294 g/mol. The molecule has 0 unspecified atom stereocenters. The maximum Gasteiger partial charge on any atom is 0.253 e. The molecule has 1 heterocycles. The number of rotatable bonds is 13. The SMILES string of the molecule is CCCCCCCCCC[n+]1ccn(CCCCC)c1C. The summed E-state index contributed by atoms with van der Waals surface area (Å²) in [6.45, 7) is 9.20. The van der Waals surface area contributed by atoms with E-state index in [-0.39, 0.29) is 0 Å². The molecule has 0 aliphatic rings. The van der Waals surface area contributed by atoms with Crippen LogP contribution in [0.1, 0.15) is 90.3 Å². The highest BCUT2D eigenvalue weighted by molar-refractivity contribution is 4.79. The molecule has 0 amide bonds. The van der Waals surface area contributed by atoms with E-state index in [4.69, 9.17) is 0 Å². The number of hydrogen-bond acceptors (Lipinski definition) is 0. The Hall–Kier alpha value is -0.790. The molecule has 1 aromatic rings. The molecule has 2 heteroatoms. The second-order valence-corrected chi connectivity index (χ2v) is 6.41. The van der Waals surface area contributed by atoms with Gasteiger partial charge in [0.05, 0.1) is 13.1 Å². The van der Waals surface area contributed by atoms with E-state index in [2.05, 4.69) is 42.3 Å². The van der Waals surface area contributed by atoms with Crippen LogP contribution in [-0.4, -0.2) is 4.57 Å². The first-order valence-corrected chi connectivity index (χ1v) is 9.34. The summed E-state index contributed by atoms with van der Waals surface area (Å²) in [5.74, 6) is 1.43. The molecular weight excluding hydrogens is 256 g/mol. The van der Waals surface area contributed by atoms with Gasteiger partial charge in [0.25, 0.3) is 5.82 Å². The molecule has 0 radical (unpaired) electrons. The summed E-state index contributed by atoms with van der Waals surface area (Å²) in [5.41, 5.74) is 0. The Bertz CT molecular complexity index is 354. The largest absolute Gasteiger partial charge is 0.253 e. The normalized spacial score (nSPS) is 11.2. The zero-order valence-electron chi connectivity index (χ0n) is 14.7. The van der Waals surface area contributed by atoms with Crippen molar-refractivity contribution in [1.29, 1.82) is 0 Å². The fourth-order valence-electron chi connectivity index (χ4n) is 2.96. The lowest BCUT2D eigenvalue weighted by Gasteiger charge is -2.02. The van der Waals surface area contributed by atoms with E-state index < -0.39 is 0 Å². The standard InChI is InChI=1S/C19H37N2/c1-4-6-8-9-10-11-12-14-16-21-18-17-20(19(21)3)15-13-7-5-2/h17-18H,4-16H2,1-3H3/q+1. The van der Waals surface area contributed by atoms with Crippen LogP contribution in [0.4, 0.5) is 0 Å². The van der Waals surface area contributed by atoms with Gasteiger partial charge in [0.2, 0.25) is 0 Å². The van der Waals surface area contributed by atoms with Crippen LogP contribution in [0, 0.1) is 6.92 Å². The van der Waals surface area contributed by atoms with Gasteiger partial charge in [-0.1, -0.05) is 58.8 Å². The van der Waals surface area contributed by atoms with E-state index >= 15 is 0 Å². The van der Waals surface area contributed by atoms with E-state index in [0.29, 0.717) is 0 Å². The van der Waals surface area contributed by atoms with Crippen molar-refractivity contribution >= 4 is 0 Å². The molecule has 0 fully saturated rings. The maximum atomic E-state index is 2.43. The number of aryl methyl sites for hydroxylation is 2. The molecular formula is C19H37N2+. The zero-order chi connectivity index (χ0) is 15.3. The molecule has 0 bridgehead atoms. The minimum Gasteiger partial charge on any atom is -0.234 e. The fourth-order valence-corrected chi connectivity index (χ4v) is 2.96. The van der Waals surface area contributed by atoms with E-state index in [1.807, 2.05) is 0 Å². The van der Waals surface area contributed by atoms with Gasteiger partial charge in [-0.2, -0.15) is 0 Å². The lowest BCUT2D eigenvalue weighted by molar-refractivity contribution is -0.702. The van der Waals surface area contributed by atoms with Gasteiger partial charge < -0.3 is 0 Å². The number of nitrogens with zero attached hydrogens (tertiary/aromatic N) is 2. The third kappa shape index (κ3) is 7.68. The van der Waals surface area contributed by atoms with Crippen molar-refractivity contribution in [3.63, 3.8) is 0 Å². The Morgan fingerprint density at radius 1 is 0.810 bits per heavy atom. The third-order valence-corrected chi connectivity index (χ3v) is 4.51. The molecule has 0 saturated carbocycles. The summed E-state index contributed by atoms with van der Waals surface area (Å²) >= 11 is 0. The van der Waals surface area contributed by atoms with E-state index in [1.54, 1.807) is 0 Å². The lowest BCUT2D eigenvalue weighted by atomic mass is 10.1. The molecule has 1 rings (SSSR count). The summed E-state index contributed by atoms with van der Waals surface area (Å²) in [6.07, 6.45) is 19.7. The van der Waals surface area contributed by atoms with Gasteiger partial charge in [-0.25, -0.2) is 9.13 Å². The summed E-state index contributed by atoms with van der Waals surface area (Å²) in [4.78, 5) is 0. The van der Waals surface area contributed by atoms with Crippen molar-refractivity contribution in [2.45, 2.75) is 104 Å². The Balaban J connectivity index is 2.12. The average Bonchev–Trinajstić information content (AvgIpc) is 2.83. The minimum atomic E-state index is 1.18. The van der Waals surface area contributed by atoms with Crippen LogP contribution in [-0.2, 0) is 13.1 Å². The molecule has 21 heavy (non-hydrogen) atoms. The Morgan fingerprint density at radius 2 is 1.38 bits per heavy atom. The van der Waals surface area contributed by atoms with Gasteiger partial charge in [-0.15, -0.1) is 0 Å². The quantitative estimate of drug-likeness (QED) is 0.339. The van der Waals surface area contributed by atoms with Crippen molar-refractivity contribution in [3.05, 3.63) is 18.2 Å². The molecule has 0 aliphatic carbocycles. The van der Waals surface area contributed by atoms with Gasteiger partial charge >= 0.3 is 0 Å². The van der Waals surface area contributed by atoms with E-state index in [1.165, 1.54) is 89.5 Å². The van der Waals surface area contributed by atoms with Crippen molar-refractivity contribution < 1.29 is 4.57 Å². The van der Waals surface area contributed by atoms with Crippen molar-refractivity contribution in [3.8, 4) is 0 Å². The molecule has 0 aliphatic heterocycles. The van der Waals surface area contributed by atoms with Gasteiger partial charge in [-0.05, 0) is 25.7 Å². The number of hydrogen-bond donors (Lipinski definition) is 0. The van der Waals surface area contributed by atoms with Crippen LogP contribution < -0.4 is 4.57 Å². The van der Waals surface area contributed by atoms with E-state index in [0.717, 1.165) is 0 Å². The molecule has 0 saturated heterocycles. The topological polar surface area (TPSA) is 8.81 Å². The van der Waals surface area contributed by atoms with E-state index in [9.17, 15) is 0 Å². The second kappa shape index (κ2) is 11.8. The first-order valence-electron chi connectivity index (χ1n) is 9.34. The second-order valence-electron chi connectivity index (χ2n) is 6.41. The van der Waals surface area contributed by atoms with Crippen LogP contribution in [0.3, 0.4) is 0 Å². The van der Waals surface area contributed by atoms with Crippen LogP contribution in [0.15, 0.2) is 12.4 Å². The van der Waals surface area contributed by atoms with Crippen molar-refractivity contribution in [2.24, 2.45) is 0 Å². The maximum absolute atomic E-state index is 2.43. The van der Waals surface area contributed by atoms with Crippen molar-refractivity contribution in [1.82, 2.24) is 4.57 Å². The first-order chi connectivity index (χ1) is 10.3. The summed E-state index contributed by atoms with van der Waals surface area (Å²) in [6, 6.07) is 0. The number of aromatic nitrogens is 2. The zero-order valence-corrected chi connectivity index (χ0v) is 14.7. The molecule has 2 nitrogen and oxygen atoms in total. The third-order valence-electron chi connectivity index (χ3n) is 4.51. The van der Waals surface area contributed by atoms with Crippen LogP contribution in [0.25, 0.3) is 0 Å². The monoisotopic (exact) mass is 293 g/mol. The summed E-state index contributed by atoms with van der Waals surface area (Å²) < 4.78 is 4.85. The van der Waals surface area contributed by atoms with Gasteiger partial charge in [0.15, 0.2) is 0 Å². The molecule has 0 atom stereocenters. The highest BCUT2D eigenvalue weighted by atomic mass is 15.1. The van der Waals surface area contributed by atoms with Crippen LogP contribution >= 0.6 is 0 Å². The molecule has 0 spiro atoms. The number of imidazole rings is 1. The smallest absolute Gasteiger partial charge is 0.234 e. The first kappa shape index (κ1) is 18.3. The molecule has 1 aromatic heterocycles. The van der Waals surface area contributed by atoms with Gasteiger partial charge in [0.1, 0.15) is 12.4 Å². The van der Waals surface area contributed by atoms with Crippen molar-refractivity contribution in [2.75, 3.05) is 0 Å². The fraction of sp³-hybridized carbons (Fsp3) is 0.842. The Morgan fingerprint density at radius 3 is 2.05 bits per heavy atom. The predicted octanol–water partition coefficient (Wildman–Crippen LogP) is 5.41. The minimum absolute atomic E-state index is 1.18. The van der Waals surface area contributed by atoms with Gasteiger partial charge in [-0.3, -0.25) is 0 Å². The van der Waals surface area contributed by atoms with Gasteiger partial charge in [0, 0.05) is 6.92 Å². The Labute approximate surface area is 132 Å². The Kier molecular flexibility index (Phi) is 10.3. The molecule has 122 valence electrons. The summed E-state index contributed by atoms with van der Waals surface area (Å²) in [7, 11) is 0. The highest BCUT2D eigenvalue weighted by Crippen LogP contribution is 2.08. The predicted molar refractivity (Wildman–Crippen MR) is 91.5 cm³/mol. The number of unbranched alkanes of at least 4 members (excludes halogenated alkanes) is 9. The van der Waals surface area contributed by atoms with Crippen LogP contribution in [0.5, 0.6) is 0 Å². The summed E-state index contributed by atoms with van der Waals surface area (Å²) in [5, 5.41) is 0. The highest BCUT2D eigenvalue weighted by Gasteiger charge is 2.10. The molecule has 0 aromatic carbocycles.